The largest absolute Gasteiger partial charge is 0.324 e. The van der Waals surface area contributed by atoms with Crippen LogP contribution in [0.5, 0.6) is 0 Å². The number of ketones is 1. The van der Waals surface area contributed by atoms with Crippen LogP contribution in [-0.2, 0) is 9.59 Å². The molecule has 0 aliphatic carbocycles. The molecule has 25 heavy (non-hydrogen) atoms. The van der Waals surface area contributed by atoms with Gasteiger partial charge in [0.05, 0.1) is 0 Å². The summed E-state index contributed by atoms with van der Waals surface area (Å²) < 4.78 is 0. The number of nitrogens with zero attached hydrogens (tertiary/aromatic N) is 1. The third-order valence-corrected chi connectivity index (χ3v) is 4.45. The summed E-state index contributed by atoms with van der Waals surface area (Å²) in [4.78, 5) is 38.2. The SMILES string of the molecule is CC(=O)c1ccc(C)c(NC(=O)C2CCC(=O)N2c2ccccc2)c1. The quantitative estimate of drug-likeness (QED) is 0.871. The summed E-state index contributed by atoms with van der Waals surface area (Å²) in [6.07, 6.45) is 0.824. The van der Waals surface area contributed by atoms with Gasteiger partial charge < -0.3 is 5.32 Å². The van der Waals surface area contributed by atoms with Crippen molar-refractivity contribution >= 4 is 29.0 Å². The van der Waals surface area contributed by atoms with Gasteiger partial charge in [-0.3, -0.25) is 19.3 Å². The molecule has 2 amide bonds. The molecule has 1 unspecified atom stereocenters. The zero-order valence-corrected chi connectivity index (χ0v) is 14.3. The number of benzene rings is 2. The van der Waals surface area contributed by atoms with Gasteiger partial charge in [-0.05, 0) is 44.0 Å². The summed E-state index contributed by atoms with van der Waals surface area (Å²) in [6, 6.07) is 13.9. The van der Waals surface area contributed by atoms with E-state index in [0.29, 0.717) is 24.1 Å². The number of hydrogen-bond acceptors (Lipinski definition) is 3. The van der Waals surface area contributed by atoms with Gasteiger partial charge in [0.1, 0.15) is 6.04 Å². The molecule has 5 heteroatoms. The highest BCUT2D eigenvalue weighted by molar-refractivity contribution is 6.08. The molecule has 3 rings (SSSR count). The molecule has 2 aromatic carbocycles. The Kier molecular flexibility index (Phi) is 4.65. The van der Waals surface area contributed by atoms with Gasteiger partial charge in [-0.15, -0.1) is 0 Å². The van der Waals surface area contributed by atoms with Gasteiger partial charge in [-0.2, -0.15) is 0 Å². The second kappa shape index (κ2) is 6.89. The maximum absolute atomic E-state index is 12.8. The fraction of sp³-hybridized carbons (Fsp3) is 0.250. The summed E-state index contributed by atoms with van der Waals surface area (Å²) in [5, 5.41) is 2.88. The molecule has 0 radical (unpaired) electrons. The van der Waals surface area contributed by atoms with Crippen LogP contribution in [0.3, 0.4) is 0 Å². The Morgan fingerprint density at radius 3 is 2.52 bits per heavy atom. The summed E-state index contributed by atoms with van der Waals surface area (Å²) >= 11 is 0. The molecule has 5 nitrogen and oxygen atoms in total. The average Bonchev–Trinajstić information content (AvgIpc) is 2.99. The molecule has 1 fully saturated rings. The maximum atomic E-state index is 12.8. The average molecular weight is 336 g/mol. The Labute approximate surface area is 146 Å². The third kappa shape index (κ3) is 3.45. The molecule has 0 spiro atoms. The summed E-state index contributed by atoms with van der Waals surface area (Å²) in [5.41, 5.74) is 2.74. The minimum Gasteiger partial charge on any atom is -0.324 e. The van der Waals surface area contributed by atoms with Crippen molar-refractivity contribution < 1.29 is 14.4 Å². The summed E-state index contributed by atoms with van der Waals surface area (Å²) in [7, 11) is 0. The van der Waals surface area contributed by atoms with Crippen molar-refractivity contribution in [3.05, 3.63) is 59.7 Å². The highest BCUT2D eigenvalue weighted by atomic mass is 16.2. The third-order valence-electron chi connectivity index (χ3n) is 4.45. The Morgan fingerprint density at radius 1 is 1.12 bits per heavy atom. The molecule has 0 bridgehead atoms. The first-order valence-corrected chi connectivity index (χ1v) is 8.27. The van der Waals surface area contributed by atoms with Crippen molar-refractivity contribution in [2.24, 2.45) is 0 Å². The Bertz CT molecular complexity index is 830. The molecule has 1 aliphatic heterocycles. The van der Waals surface area contributed by atoms with E-state index in [2.05, 4.69) is 5.32 Å². The van der Waals surface area contributed by atoms with E-state index in [4.69, 9.17) is 0 Å². The van der Waals surface area contributed by atoms with E-state index in [1.54, 1.807) is 23.1 Å². The predicted molar refractivity (Wildman–Crippen MR) is 96.8 cm³/mol. The number of amides is 2. The van der Waals surface area contributed by atoms with Crippen LogP contribution in [0.25, 0.3) is 0 Å². The number of anilines is 2. The summed E-state index contributed by atoms with van der Waals surface area (Å²) in [6.45, 7) is 3.36. The standard InChI is InChI=1S/C20H20N2O3/c1-13-8-9-15(14(2)23)12-17(13)21-20(25)18-10-11-19(24)22(18)16-6-4-3-5-7-16/h3-9,12,18H,10-11H2,1-2H3,(H,21,25). The number of rotatable bonds is 4. The van der Waals surface area contributed by atoms with Crippen molar-refractivity contribution in [1.82, 2.24) is 0 Å². The molecule has 0 saturated carbocycles. The lowest BCUT2D eigenvalue weighted by atomic mass is 10.1. The Hall–Kier alpha value is -2.95. The lowest BCUT2D eigenvalue weighted by Crippen LogP contribution is -2.41. The second-order valence-corrected chi connectivity index (χ2v) is 6.23. The van der Waals surface area contributed by atoms with Crippen LogP contribution in [0.4, 0.5) is 11.4 Å². The van der Waals surface area contributed by atoms with Crippen molar-refractivity contribution in [2.75, 3.05) is 10.2 Å². The monoisotopic (exact) mass is 336 g/mol. The van der Waals surface area contributed by atoms with E-state index in [-0.39, 0.29) is 17.6 Å². The topological polar surface area (TPSA) is 66.5 Å². The van der Waals surface area contributed by atoms with E-state index in [9.17, 15) is 14.4 Å². The zero-order chi connectivity index (χ0) is 18.0. The van der Waals surface area contributed by atoms with E-state index in [1.807, 2.05) is 37.3 Å². The van der Waals surface area contributed by atoms with E-state index in [0.717, 1.165) is 11.3 Å². The van der Waals surface area contributed by atoms with E-state index >= 15 is 0 Å². The zero-order valence-electron chi connectivity index (χ0n) is 14.3. The van der Waals surface area contributed by atoms with Crippen LogP contribution >= 0.6 is 0 Å². The van der Waals surface area contributed by atoms with Gasteiger partial charge in [0.2, 0.25) is 11.8 Å². The first-order chi connectivity index (χ1) is 12.0. The number of para-hydroxylation sites is 1. The first kappa shape index (κ1) is 16.9. The van der Waals surface area contributed by atoms with Crippen LogP contribution in [0.1, 0.15) is 35.7 Å². The highest BCUT2D eigenvalue weighted by Gasteiger charge is 2.37. The fourth-order valence-corrected chi connectivity index (χ4v) is 3.04. The number of carbonyl (C=O) groups is 3. The van der Waals surface area contributed by atoms with Crippen LogP contribution < -0.4 is 10.2 Å². The van der Waals surface area contributed by atoms with E-state index in [1.165, 1.54) is 6.92 Å². The molecular formula is C20H20N2O3. The molecule has 1 atom stereocenters. The van der Waals surface area contributed by atoms with Gasteiger partial charge in [0.15, 0.2) is 5.78 Å². The normalized spacial score (nSPS) is 16.8. The molecule has 2 aromatic rings. The molecule has 1 aliphatic rings. The minimum absolute atomic E-state index is 0.0550. The Morgan fingerprint density at radius 2 is 1.84 bits per heavy atom. The number of nitrogens with one attached hydrogen (secondary N) is 1. The molecule has 1 saturated heterocycles. The van der Waals surface area contributed by atoms with Gasteiger partial charge in [-0.1, -0.05) is 30.3 Å². The molecular weight excluding hydrogens is 316 g/mol. The van der Waals surface area contributed by atoms with Crippen LogP contribution in [-0.4, -0.2) is 23.6 Å². The second-order valence-electron chi connectivity index (χ2n) is 6.23. The van der Waals surface area contributed by atoms with Crippen molar-refractivity contribution in [3.8, 4) is 0 Å². The fourth-order valence-electron chi connectivity index (χ4n) is 3.04. The molecule has 0 aromatic heterocycles. The van der Waals surface area contributed by atoms with Gasteiger partial charge in [-0.25, -0.2) is 0 Å². The lowest BCUT2D eigenvalue weighted by Gasteiger charge is -2.24. The number of hydrogen-bond donors (Lipinski definition) is 1. The number of carbonyl (C=O) groups excluding carboxylic acids is 3. The highest BCUT2D eigenvalue weighted by Crippen LogP contribution is 2.28. The van der Waals surface area contributed by atoms with Gasteiger partial charge in [0.25, 0.3) is 0 Å². The van der Waals surface area contributed by atoms with Crippen molar-refractivity contribution in [3.63, 3.8) is 0 Å². The number of Topliss-reactive ketones (excluding diaryl/α,β-unsaturated/α-hetero) is 1. The van der Waals surface area contributed by atoms with E-state index < -0.39 is 6.04 Å². The van der Waals surface area contributed by atoms with Crippen molar-refractivity contribution in [2.45, 2.75) is 32.7 Å². The van der Waals surface area contributed by atoms with Crippen LogP contribution in [0.2, 0.25) is 0 Å². The molecule has 1 heterocycles. The van der Waals surface area contributed by atoms with Crippen LogP contribution in [0, 0.1) is 6.92 Å². The van der Waals surface area contributed by atoms with Gasteiger partial charge in [0, 0.05) is 23.4 Å². The summed E-state index contributed by atoms with van der Waals surface area (Å²) in [5.74, 6) is -0.350. The molecule has 1 N–H and O–H groups in total. The smallest absolute Gasteiger partial charge is 0.247 e. The maximum Gasteiger partial charge on any atom is 0.247 e. The number of aryl methyl sites for hydroxylation is 1. The Balaban J connectivity index is 1.84. The van der Waals surface area contributed by atoms with Crippen molar-refractivity contribution in [1.29, 1.82) is 0 Å². The first-order valence-electron chi connectivity index (χ1n) is 8.27. The minimum atomic E-state index is -0.546. The predicted octanol–water partition coefficient (Wildman–Crippen LogP) is 3.33. The lowest BCUT2D eigenvalue weighted by molar-refractivity contribution is -0.120. The van der Waals surface area contributed by atoms with Gasteiger partial charge >= 0.3 is 0 Å². The molecule has 128 valence electrons. The van der Waals surface area contributed by atoms with Crippen LogP contribution in [0.15, 0.2) is 48.5 Å².